The van der Waals surface area contributed by atoms with E-state index in [-0.39, 0.29) is 5.91 Å². The summed E-state index contributed by atoms with van der Waals surface area (Å²) in [5.41, 5.74) is 1.05. The van der Waals surface area contributed by atoms with Crippen LogP contribution in [-0.4, -0.2) is 50.6 Å². The summed E-state index contributed by atoms with van der Waals surface area (Å²) in [5, 5.41) is 0. The van der Waals surface area contributed by atoms with Crippen LogP contribution in [0.2, 0.25) is 0 Å². The Labute approximate surface area is 115 Å². The van der Waals surface area contributed by atoms with Crippen molar-refractivity contribution in [3.05, 3.63) is 29.8 Å². The molecular weight excluding hydrogens is 240 g/mol. The number of nitrogens with one attached hydrogen (secondary N) is 1. The number of hydrogen-bond acceptors (Lipinski definition) is 2. The Kier molecular flexibility index (Phi) is 4.80. The second-order valence-electron chi connectivity index (χ2n) is 5.01. The minimum absolute atomic E-state index is 0.236. The Balaban J connectivity index is 1.86. The van der Waals surface area contributed by atoms with Gasteiger partial charge < -0.3 is 14.5 Å². The zero-order valence-corrected chi connectivity index (χ0v) is 11.8. The lowest BCUT2D eigenvalue weighted by molar-refractivity contribution is -0.902. The summed E-state index contributed by atoms with van der Waals surface area (Å²) < 4.78 is 5.12. The van der Waals surface area contributed by atoms with Crippen LogP contribution < -0.4 is 9.64 Å². The van der Waals surface area contributed by atoms with Crippen molar-refractivity contribution < 1.29 is 14.4 Å². The van der Waals surface area contributed by atoms with Gasteiger partial charge in [0.05, 0.1) is 46.3 Å². The first-order chi connectivity index (χ1) is 9.22. The van der Waals surface area contributed by atoms with Gasteiger partial charge in [0.2, 0.25) is 5.91 Å². The molecule has 1 aromatic carbocycles. The smallest absolute Gasteiger partial charge is 0.227 e. The number of carbonyl (C=O) groups is 1. The third kappa shape index (κ3) is 3.70. The SMILES string of the molecule is CC[NH+]1CCN(C(=O)Cc2ccc(OC)cc2)CC1. The highest BCUT2D eigenvalue weighted by atomic mass is 16.5. The van der Waals surface area contributed by atoms with Crippen molar-refractivity contribution in [1.29, 1.82) is 0 Å². The van der Waals surface area contributed by atoms with E-state index in [0.29, 0.717) is 6.42 Å². The van der Waals surface area contributed by atoms with E-state index in [1.54, 1.807) is 12.0 Å². The Morgan fingerprint density at radius 1 is 1.26 bits per heavy atom. The number of rotatable bonds is 4. The second-order valence-corrected chi connectivity index (χ2v) is 5.01. The fraction of sp³-hybridized carbons (Fsp3) is 0.533. The van der Waals surface area contributed by atoms with Gasteiger partial charge in [-0.1, -0.05) is 12.1 Å². The summed E-state index contributed by atoms with van der Waals surface area (Å²) >= 11 is 0. The van der Waals surface area contributed by atoms with E-state index >= 15 is 0 Å². The Morgan fingerprint density at radius 3 is 2.42 bits per heavy atom. The summed E-state index contributed by atoms with van der Waals surface area (Å²) in [6.07, 6.45) is 0.492. The molecule has 1 N–H and O–H groups in total. The molecule has 0 unspecified atom stereocenters. The highest BCUT2D eigenvalue weighted by Gasteiger charge is 2.22. The minimum Gasteiger partial charge on any atom is -0.497 e. The number of hydrogen-bond donors (Lipinski definition) is 1. The molecule has 0 spiro atoms. The van der Waals surface area contributed by atoms with Crippen molar-refractivity contribution in [2.75, 3.05) is 39.8 Å². The van der Waals surface area contributed by atoms with Crippen LogP contribution in [0.15, 0.2) is 24.3 Å². The van der Waals surface area contributed by atoms with Crippen LogP contribution in [0.1, 0.15) is 12.5 Å². The molecule has 0 radical (unpaired) electrons. The monoisotopic (exact) mass is 263 g/mol. The van der Waals surface area contributed by atoms with Crippen molar-refractivity contribution in [3.63, 3.8) is 0 Å². The van der Waals surface area contributed by atoms with Crippen molar-refractivity contribution in [1.82, 2.24) is 4.90 Å². The van der Waals surface area contributed by atoms with E-state index < -0.39 is 0 Å². The van der Waals surface area contributed by atoms with Gasteiger partial charge >= 0.3 is 0 Å². The molecule has 0 atom stereocenters. The molecule has 1 aromatic rings. The van der Waals surface area contributed by atoms with Crippen molar-refractivity contribution >= 4 is 5.91 Å². The summed E-state index contributed by atoms with van der Waals surface area (Å²) in [4.78, 5) is 15.8. The highest BCUT2D eigenvalue weighted by molar-refractivity contribution is 5.78. The van der Waals surface area contributed by atoms with E-state index in [9.17, 15) is 4.79 Å². The van der Waals surface area contributed by atoms with Gasteiger partial charge in [-0.25, -0.2) is 0 Å². The molecule has 0 aromatic heterocycles. The fourth-order valence-corrected chi connectivity index (χ4v) is 2.46. The summed E-state index contributed by atoms with van der Waals surface area (Å²) in [7, 11) is 1.65. The van der Waals surface area contributed by atoms with Gasteiger partial charge in [0, 0.05) is 0 Å². The Morgan fingerprint density at radius 2 is 1.89 bits per heavy atom. The number of likely N-dealkylation sites (N-methyl/N-ethyl adjacent to an activating group) is 1. The van der Waals surface area contributed by atoms with Gasteiger partial charge in [0.25, 0.3) is 0 Å². The van der Waals surface area contributed by atoms with Crippen LogP contribution in [0.4, 0.5) is 0 Å². The van der Waals surface area contributed by atoms with Crippen LogP contribution in [0.3, 0.4) is 0 Å². The molecule has 4 heteroatoms. The number of amides is 1. The average Bonchev–Trinajstić information content (AvgIpc) is 2.48. The predicted molar refractivity (Wildman–Crippen MR) is 74.5 cm³/mol. The summed E-state index contributed by atoms with van der Waals surface area (Å²) in [6, 6.07) is 7.73. The zero-order chi connectivity index (χ0) is 13.7. The van der Waals surface area contributed by atoms with Crippen molar-refractivity contribution in [2.24, 2.45) is 0 Å². The predicted octanol–water partition coefficient (Wildman–Crippen LogP) is -0.0153. The Bertz CT molecular complexity index is 409. The van der Waals surface area contributed by atoms with Crippen molar-refractivity contribution in [2.45, 2.75) is 13.3 Å². The minimum atomic E-state index is 0.236. The number of nitrogens with zero attached hydrogens (tertiary/aromatic N) is 1. The summed E-state index contributed by atoms with van der Waals surface area (Å²) in [5.74, 6) is 1.07. The third-order valence-corrected chi connectivity index (χ3v) is 3.84. The maximum absolute atomic E-state index is 12.2. The third-order valence-electron chi connectivity index (χ3n) is 3.84. The Hall–Kier alpha value is -1.55. The van der Waals surface area contributed by atoms with E-state index in [2.05, 4.69) is 6.92 Å². The lowest BCUT2D eigenvalue weighted by Gasteiger charge is -2.31. The van der Waals surface area contributed by atoms with E-state index in [0.717, 1.165) is 44.0 Å². The lowest BCUT2D eigenvalue weighted by Crippen LogP contribution is -3.14. The molecule has 104 valence electrons. The molecule has 4 nitrogen and oxygen atoms in total. The molecule has 0 aliphatic carbocycles. The molecule has 1 saturated heterocycles. The molecule has 0 bridgehead atoms. The average molecular weight is 263 g/mol. The molecule has 0 saturated carbocycles. The van der Waals surface area contributed by atoms with Gasteiger partial charge in [-0.15, -0.1) is 0 Å². The quantitative estimate of drug-likeness (QED) is 0.829. The zero-order valence-electron chi connectivity index (χ0n) is 11.8. The summed E-state index contributed by atoms with van der Waals surface area (Å²) in [6.45, 7) is 7.27. The van der Waals surface area contributed by atoms with E-state index in [1.807, 2.05) is 29.2 Å². The number of quaternary nitrogens is 1. The maximum atomic E-state index is 12.2. The number of ether oxygens (including phenoxy) is 1. The largest absolute Gasteiger partial charge is 0.497 e. The van der Waals surface area contributed by atoms with E-state index in [4.69, 9.17) is 4.74 Å². The van der Waals surface area contributed by atoms with E-state index in [1.165, 1.54) is 0 Å². The number of methoxy groups -OCH3 is 1. The first kappa shape index (κ1) is 13.9. The van der Waals surface area contributed by atoms with Gasteiger partial charge in [-0.3, -0.25) is 4.79 Å². The lowest BCUT2D eigenvalue weighted by atomic mass is 10.1. The van der Waals surface area contributed by atoms with Crippen LogP contribution >= 0.6 is 0 Å². The van der Waals surface area contributed by atoms with Gasteiger partial charge in [-0.2, -0.15) is 0 Å². The second kappa shape index (κ2) is 6.57. The van der Waals surface area contributed by atoms with Crippen LogP contribution in [0.25, 0.3) is 0 Å². The van der Waals surface area contributed by atoms with Gasteiger partial charge in [-0.05, 0) is 24.6 Å². The molecule has 2 rings (SSSR count). The first-order valence-electron chi connectivity index (χ1n) is 6.97. The first-order valence-corrected chi connectivity index (χ1v) is 6.97. The molecule has 19 heavy (non-hydrogen) atoms. The standard InChI is InChI=1S/C15H22N2O2/c1-3-16-8-10-17(11-9-16)15(18)12-13-4-6-14(19-2)7-5-13/h4-7H,3,8-12H2,1-2H3/p+1. The molecule has 1 heterocycles. The number of benzene rings is 1. The maximum Gasteiger partial charge on any atom is 0.227 e. The van der Waals surface area contributed by atoms with Crippen LogP contribution in [0, 0.1) is 0 Å². The molecule has 1 amide bonds. The number of piperazine rings is 1. The van der Waals surface area contributed by atoms with Crippen LogP contribution in [0.5, 0.6) is 5.75 Å². The molecule has 1 fully saturated rings. The molecular formula is C15H23N2O2+. The molecule has 1 aliphatic rings. The van der Waals surface area contributed by atoms with Gasteiger partial charge in [0.15, 0.2) is 0 Å². The van der Waals surface area contributed by atoms with Crippen LogP contribution in [-0.2, 0) is 11.2 Å². The highest BCUT2D eigenvalue weighted by Crippen LogP contribution is 2.12. The van der Waals surface area contributed by atoms with Crippen molar-refractivity contribution in [3.8, 4) is 5.75 Å². The fourth-order valence-electron chi connectivity index (χ4n) is 2.46. The van der Waals surface area contributed by atoms with Gasteiger partial charge in [0.1, 0.15) is 5.75 Å². The topological polar surface area (TPSA) is 34.0 Å². The normalized spacial score (nSPS) is 16.4. The number of carbonyl (C=O) groups excluding carboxylic acids is 1. The molecule has 1 aliphatic heterocycles.